The summed E-state index contributed by atoms with van der Waals surface area (Å²) in [6.45, 7) is -0.249. The van der Waals surface area contributed by atoms with E-state index in [1.165, 1.54) is 30.3 Å². The van der Waals surface area contributed by atoms with Crippen LogP contribution in [0, 0.1) is 5.82 Å². The lowest BCUT2D eigenvalue weighted by Gasteiger charge is -2.10. The highest BCUT2D eigenvalue weighted by atomic mass is 19.4. The van der Waals surface area contributed by atoms with Crippen molar-refractivity contribution in [1.29, 1.82) is 0 Å². The molecule has 0 heterocycles. The number of carbonyl (C=O) groups excluding carboxylic acids is 2. The number of alkyl halides is 3. The second kappa shape index (κ2) is 9.02. The first-order valence-corrected chi connectivity index (χ1v) is 7.87. The van der Waals surface area contributed by atoms with E-state index in [1.807, 2.05) is 0 Å². The van der Waals surface area contributed by atoms with Gasteiger partial charge in [0, 0.05) is 0 Å². The molecule has 0 saturated heterocycles. The maximum Gasteiger partial charge on any atom is 0.416 e. The lowest BCUT2D eigenvalue weighted by Crippen LogP contribution is -2.38. The van der Waals surface area contributed by atoms with Crippen LogP contribution in [0.15, 0.2) is 48.5 Å². The van der Waals surface area contributed by atoms with Crippen molar-refractivity contribution in [2.45, 2.75) is 6.18 Å². The number of hydrogen-bond acceptors (Lipinski definition) is 3. The monoisotopic (exact) mass is 384 g/mol. The summed E-state index contributed by atoms with van der Waals surface area (Å²) in [6, 6.07) is 9.51. The second-order valence-electron chi connectivity index (χ2n) is 5.38. The Morgan fingerprint density at radius 1 is 0.963 bits per heavy atom. The molecule has 0 fully saturated rings. The molecule has 0 spiro atoms. The molecule has 0 aliphatic carbocycles. The summed E-state index contributed by atoms with van der Waals surface area (Å²) in [5.41, 5.74) is -0.954. The van der Waals surface area contributed by atoms with Crippen molar-refractivity contribution in [3.05, 3.63) is 65.5 Å². The smallest absolute Gasteiger partial charge is 0.416 e. The maximum absolute atomic E-state index is 13.4. The number of nitrogens with one attached hydrogen (secondary N) is 2. The quantitative estimate of drug-likeness (QED) is 0.570. The highest BCUT2D eigenvalue weighted by Gasteiger charge is 2.29. The third kappa shape index (κ3) is 6.28. The van der Waals surface area contributed by atoms with E-state index in [2.05, 4.69) is 10.6 Å². The third-order valence-electron chi connectivity index (χ3n) is 3.40. The number of rotatable bonds is 7. The first-order chi connectivity index (χ1) is 12.8. The van der Waals surface area contributed by atoms with E-state index in [-0.39, 0.29) is 31.0 Å². The van der Waals surface area contributed by atoms with E-state index in [1.54, 1.807) is 0 Å². The Kier molecular flexibility index (Phi) is 6.75. The first kappa shape index (κ1) is 20.2. The second-order valence-corrected chi connectivity index (χ2v) is 5.38. The molecule has 5 nitrogen and oxygen atoms in total. The van der Waals surface area contributed by atoms with Gasteiger partial charge in [-0.15, -0.1) is 0 Å². The molecule has 27 heavy (non-hydrogen) atoms. The average molecular weight is 384 g/mol. The Balaban J connectivity index is 1.67. The van der Waals surface area contributed by atoms with Gasteiger partial charge in [0.15, 0.2) is 0 Å². The van der Waals surface area contributed by atoms with Gasteiger partial charge in [0.25, 0.3) is 5.91 Å². The summed E-state index contributed by atoms with van der Waals surface area (Å²) in [5, 5.41) is 4.74. The predicted molar refractivity (Wildman–Crippen MR) is 88.7 cm³/mol. The van der Waals surface area contributed by atoms with Crippen molar-refractivity contribution in [3.8, 4) is 5.75 Å². The number of benzene rings is 2. The fourth-order valence-electron chi connectivity index (χ4n) is 2.06. The summed E-state index contributed by atoms with van der Waals surface area (Å²) < 4.78 is 55.9. The van der Waals surface area contributed by atoms with Crippen LogP contribution in [0.2, 0.25) is 0 Å². The molecule has 0 atom stereocenters. The van der Waals surface area contributed by atoms with E-state index < -0.39 is 29.4 Å². The molecule has 2 rings (SSSR count). The lowest BCUT2D eigenvalue weighted by molar-refractivity contribution is -0.137. The number of hydrogen-bond donors (Lipinski definition) is 2. The molecule has 9 heteroatoms. The van der Waals surface area contributed by atoms with Crippen LogP contribution in [0.1, 0.15) is 15.9 Å². The molecule has 0 unspecified atom stereocenters. The van der Waals surface area contributed by atoms with Crippen LogP contribution in [0.5, 0.6) is 5.75 Å². The largest absolute Gasteiger partial charge is 0.492 e. The molecule has 0 radical (unpaired) electrons. The minimum Gasteiger partial charge on any atom is -0.492 e. The van der Waals surface area contributed by atoms with Gasteiger partial charge in [-0.1, -0.05) is 12.1 Å². The molecule has 2 amide bonds. The molecular weight excluding hydrogens is 368 g/mol. The van der Waals surface area contributed by atoms with Gasteiger partial charge in [-0.2, -0.15) is 13.2 Å². The number of carbonyl (C=O) groups is 2. The summed E-state index contributed by atoms with van der Waals surface area (Å²) in [7, 11) is 0. The zero-order chi connectivity index (χ0) is 19.9. The average Bonchev–Trinajstić information content (AvgIpc) is 2.63. The lowest BCUT2D eigenvalue weighted by atomic mass is 10.2. The number of amides is 2. The van der Waals surface area contributed by atoms with Crippen LogP contribution in [-0.4, -0.2) is 31.5 Å². The molecule has 0 aliphatic rings. The Bertz CT molecular complexity index is 792. The topological polar surface area (TPSA) is 67.4 Å². The zero-order valence-electron chi connectivity index (χ0n) is 14.0. The molecule has 2 aromatic carbocycles. The van der Waals surface area contributed by atoms with Gasteiger partial charge in [0.2, 0.25) is 5.91 Å². The minimum atomic E-state index is -4.42. The van der Waals surface area contributed by atoms with E-state index in [0.717, 1.165) is 18.2 Å². The fraction of sp³-hybridized carbons (Fsp3) is 0.222. The van der Waals surface area contributed by atoms with Crippen LogP contribution in [-0.2, 0) is 11.0 Å². The van der Waals surface area contributed by atoms with E-state index >= 15 is 0 Å². The van der Waals surface area contributed by atoms with Gasteiger partial charge in [-0.25, -0.2) is 4.39 Å². The number of halogens is 4. The summed E-state index contributed by atoms with van der Waals surface area (Å²) in [5.74, 6) is -1.70. The van der Waals surface area contributed by atoms with Crippen molar-refractivity contribution in [2.75, 3.05) is 19.7 Å². The number of ether oxygens (including phenoxy) is 1. The van der Waals surface area contributed by atoms with Gasteiger partial charge in [-0.05, 0) is 36.4 Å². The van der Waals surface area contributed by atoms with Crippen molar-refractivity contribution < 1.29 is 31.9 Å². The summed E-state index contributed by atoms with van der Waals surface area (Å²) in [6.07, 6.45) is -4.42. The van der Waals surface area contributed by atoms with Crippen LogP contribution < -0.4 is 15.4 Å². The van der Waals surface area contributed by atoms with Gasteiger partial charge < -0.3 is 15.4 Å². The highest BCUT2D eigenvalue weighted by Crippen LogP contribution is 2.30. The Hall–Kier alpha value is -3.10. The van der Waals surface area contributed by atoms with Gasteiger partial charge in [0.05, 0.1) is 24.2 Å². The maximum atomic E-state index is 13.4. The molecule has 0 bridgehead atoms. The van der Waals surface area contributed by atoms with Crippen LogP contribution in [0.3, 0.4) is 0 Å². The van der Waals surface area contributed by atoms with Gasteiger partial charge in [-0.3, -0.25) is 9.59 Å². The summed E-state index contributed by atoms with van der Waals surface area (Å²) >= 11 is 0. The van der Waals surface area contributed by atoms with Crippen LogP contribution in [0.25, 0.3) is 0 Å². The van der Waals surface area contributed by atoms with Crippen LogP contribution in [0.4, 0.5) is 17.6 Å². The molecule has 0 aromatic heterocycles. The van der Waals surface area contributed by atoms with Crippen molar-refractivity contribution in [3.63, 3.8) is 0 Å². The normalized spacial score (nSPS) is 11.0. The predicted octanol–water partition coefficient (Wildman–Crippen LogP) is 2.77. The van der Waals surface area contributed by atoms with Crippen LogP contribution >= 0.6 is 0 Å². The Labute approximate surface area is 152 Å². The van der Waals surface area contributed by atoms with Crippen molar-refractivity contribution in [1.82, 2.24) is 10.6 Å². The minimum absolute atomic E-state index is 0.0262. The molecule has 0 aliphatic heterocycles. The Morgan fingerprint density at radius 3 is 2.26 bits per heavy atom. The SMILES string of the molecule is O=C(CNC(=O)c1ccccc1F)NCCOc1ccc(C(F)(F)F)cc1. The molecule has 2 N–H and O–H groups in total. The van der Waals surface area contributed by atoms with E-state index in [9.17, 15) is 27.2 Å². The summed E-state index contributed by atoms with van der Waals surface area (Å²) in [4.78, 5) is 23.4. The van der Waals surface area contributed by atoms with Gasteiger partial charge in [0.1, 0.15) is 18.2 Å². The van der Waals surface area contributed by atoms with Crippen molar-refractivity contribution in [2.24, 2.45) is 0 Å². The highest BCUT2D eigenvalue weighted by molar-refractivity contribution is 5.96. The Morgan fingerprint density at radius 2 is 1.63 bits per heavy atom. The third-order valence-corrected chi connectivity index (χ3v) is 3.40. The zero-order valence-corrected chi connectivity index (χ0v) is 14.0. The molecule has 0 saturated carbocycles. The van der Waals surface area contributed by atoms with E-state index in [4.69, 9.17) is 4.74 Å². The first-order valence-electron chi connectivity index (χ1n) is 7.87. The molecule has 144 valence electrons. The van der Waals surface area contributed by atoms with Gasteiger partial charge >= 0.3 is 6.18 Å². The molecular formula is C18H16F4N2O3. The standard InChI is InChI=1S/C18H16F4N2O3/c19-15-4-2-1-3-14(15)17(26)24-11-16(25)23-9-10-27-13-7-5-12(6-8-13)18(20,21)22/h1-8H,9-11H2,(H,23,25)(H,24,26). The van der Waals surface area contributed by atoms with Crippen molar-refractivity contribution >= 4 is 11.8 Å². The molecule has 2 aromatic rings. The van der Waals surface area contributed by atoms with E-state index in [0.29, 0.717) is 0 Å². The fourth-order valence-corrected chi connectivity index (χ4v) is 2.06.